The molecule has 1 aliphatic carbocycles. The van der Waals surface area contributed by atoms with Crippen LogP contribution in [0.15, 0.2) is 54.6 Å². The van der Waals surface area contributed by atoms with E-state index in [0.717, 1.165) is 35.8 Å². The van der Waals surface area contributed by atoms with Crippen LogP contribution < -0.4 is 0 Å². The second-order valence-corrected chi connectivity index (χ2v) is 11.6. The summed E-state index contributed by atoms with van der Waals surface area (Å²) in [7, 11) is 0. The Balaban J connectivity index is 1.39. The van der Waals surface area contributed by atoms with Gasteiger partial charge in [0.05, 0.1) is 17.1 Å². The second-order valence-electron chi connectivity index (χ2n) is 10.5. The third-order valence-electron chi connectivity index (χ3n) is 7.14. The molecule has 0 N–H and O–H groups in total. The van der Waals surface area contributed by atoms with Crippen molar-refractivity contribution in [2.24, 2.45) is 11.8 Å². The number of carbonyl (C=O) groups is 2. The molecule has 1 aromatic carbocycles. The summed E-state index contributed by atoms with van der Waals surface area (Å²) in [6.07, 6.45) is 11.3. The summed E-state index contributed by atoms with van der Waals surface area (Å²) in [5.41, 5.74) is 0. The highest BCUT2D eigenvalue weighted by Gasteiger charge is 2.43. The van der Waals surface area contributed by atoms with E-state index < -0.39 is 12.1 Å². The van der Waals surface area contributed by atoms with Crippen LogP contribution in [0.3, 0.4) is 0 Å². The highest BCUT2D eigenvalue weighted by atomic mass is 32.1. The van der Waals surface area contributed by atoms with Crippen molar-refractivity contribution >= 4 is 33.2 Å². The number of alkyl halides is 1. The number of thiophene rings is 1. The molecular weight excluding hydrogens is 503 g/mol. The number of fused-ring (bicyclic) bond motifs is 1. The van der Waals surface area contributed by atoms with Gasteiger partial charge in [-0.1, -0.05) is 36.4 Å². The van der Waals surface area contributed by atoms with Crippen molar-refractivity contribution in [1.82, 2.24) is 0 Å². The summed E-state index contributed by atoms with van der Waals surface area (Å²) in [6.45, 7) is 4.36. The SMILES string of the molecule is CC(C)OC(=O)CCCC=CC[C@@H]1[C@@H](C=CC(=O)c2cc3ccccc3s2)[C@@H](F)C[C@@H]1OC1CCCCO1. The van der Waals surface area contributed by atoms with Crippen LogP contribution in [-0.4, -0.2) is 43.0 Å². The molecule has 4 rings (SSSR count). The monoisotopic (exact) mass is 542 g/mol. The third kappa shape index (κ3) is 8.08. The largest absolute Gasteiger partial charge is 0.463 e. The molecule has 0 radical (unpaired) electrons. The first-order valence-corrected chi connectivity index (χ1v) is 14.7. The Bertz CT molecular complexity index is 1080. The highest BCUT2D eigenvalue weighted by Crippen LogP contribution is 2.41. The number of ether oxygens (including phenoxy) is 3. The molecule has 7 heteroatoms. The minimum absolute atomic E-state index is 0.0934. The fourth-order valence-electron chi connectivity index (χ4n) is 5.25. The van der Waals surface area contributed by atoms with E-state index in [0.29, 0.717) is 37.2 Å². The van der Waals surface area contributed by atoms with Crippen molar-refractivity contribution < 1.29 is 28.2 Å². The van der Waals surface area contributed by atoms with E-state index in [4.69, 9.17) is 14.2 Å². The summed E-state index contributed by atoms with van der Waals surface area (Å²) in [4.78, 5) is 25.3. The van der Waals surface area contributed by atoms with Crippen LogP contribution in [0.2, 0.25) is 0 Å². The van der Waals surface area contributed by atoms with Gasteiger partial charge in [-0.25, -0.2) is 4.39 Å². The lowest BCUT2D eigenvalue weighted by Crippen LogP contribution is -2.31. The Hall–Kier alpha value is -2.35. The molecule has 2 heterocycles. The van der Waals surface area contributed by atoms with Gasteiger partial charge in [0.15, 0.2) is 12.1 Å². The number of esters is 1. The average Bonchev–Trinajstić information content (AvgIpc) is 3.45. The van der Waals surface area contributed by atoms with E-state index in [1.807, 2.05) is 50.3 Å². The predicted molar refractivity (Wildman–Crippen MR) is 149 cm³/mol. The molecule has 5 atom stereocenters. The average molecular weight is 543 g/mol. The quantitative estimate of drug-likeness (QED) is 0.0909. The maximum Gasteiger partial charge on any atom is 0.306 e. The Morgan fingerprint density at radius 1 is 1.21 bits per heavy atom. The first-order valence-electron chi connectivity index (χ1n) is 13.9. The number of halogens is 1. The van der Waals surface area contributed by atoms with Gasteiger partial charge >= 0.3 is 5.97 Å². The first kappa shape index (κ1) is 28.7. The van der Waals surface area contributed by atoms with Gasteiger partial charge in [-0.15, -0.1) is 11.3 Å². The molecule has 1 aromatic heterocycles. The standard InChI is InChI=1S/C31H39FO5S/c1-21(2)36-30(34)14-6-4-3-5-12-24-23(25(32)20-27(24)37-31-15-9-10-18-35-31)16-17-26(33)29-19-22-11-7-8-13-28(22)38-29/h3,5,7-8,11,13,16-17,19,21,23-25,27,31H,4,6,9-10,12,14-15,18,20H2,1-2H3/t23-,24-,25+,27+,31?/m1/s1. The fourth-order valence-corrected chi connectivity index (χ4v) is 6.24. The van der Waals surface area contributed by atoms with Crippen LogP contribution in [0.4, 0.5) is 4.39 Å². The Morgan fingerprint density at radius 2 is 2.05 bits per heavy atom. The zero-order chi connectivity index (χ0) is 26.9. The number of hydrogen-bond acceptors (Lipinski definition) is 6. The Kier molecular flexibility index (Phi) is 10.7. The first-order chi connectivity index (χ1) is 18.4. The summed E-state index contributed by atoms with van der Waals surface area (Å²) < 4.78 is 33.6. The van der Waals surface area contributed by atoms with E-state index >= 15 is 4.39 Å². The number of hydrogen-bond donors (Lipinski definition) is 0. The molecular formula is C31H39FO5S. The van der Waals surface area contributed by atoms with Gasteiger partial charge in [0, 0.05) is 30.1 Å². The molecule has 5 nitrogen and oxygen atoms in total. The van der Waals surface area contributed by atoms with Crippen LogP contribution in [-0.2, 0) is 19.0 Å². The molecule has 0 amide bonds. The molecule has 1 unspecified atom stereocenters. The number of allylic oxidation sites excluding steroid dienone is 4. The van der Waals surface area contributed by atoms with Crippen LogP contribution in [0, 0.1) is 11.8 Å². The van der Waals surface area contributed by atoms with Crippen molar-refractivity contribution in [3.63, 3.8) is 0 Å². The van der Waals surface area contributed by atoms with Gasteiger partial charge in [0.2, 0.25) is 0 Å². The summed E-state index contributed by atoms with van der Waals surface area (Å²) in [5.74, 6) is -0.781. The van der Waals surface area contributed by atoms with Crippen LogP contribution in [0.25, 0.3) is 10.1 Å². The molecule has 38 heavy (non-hydrogen) atoms. The van der Waals surface area contributed by atoms with E-state index in [1.54, 1.807) is 12.2 Å². The normalized spacial score (nSPS) is 26.2. The molecule has 1 saturated carbocycles. The number of carbonyl (C=O) groups excluding carboxylic acids is 2. The molecule has 2 aromatic rings. The van der Waals surface area contributed by atoms with Crippen LogP contribution in [0.5, 0.6) is 0 Å². The van der Waals surface area contributed by atoms with E-state index in [1.165, 1.54) is 11.3 Å². The maximum atomic E-state index is 15.3. The topological polar surface area (TPSA) is 61.8 Å². The predicted octanol–water partition coefficient (Wildman–Crippen LogP) is 7.59. The summed E-state index contributed by atoms with van der Waals surface area (Å²) >= 11 is 1.46. The van der Waals surface area contributed by atoms with Gasteiger partial charge in [-0.3, -0.25) is 9.59 Å². The number of unbranched alkanes of at least 4 members (excludes halogenated alkanes) is 1. The van der Waals surface area contributed by atoms with Crippen molar-refractivity contribution in [3.05, 3.63) is 59.5 Å². The molecule has 2 fully saturated rings. The van der Waals surface area contributed by atoms with Crippen LogP contribution in [0.1, 0.15) is 74.9 Å². The van der Waals surface area contributed by atoms with Crippen molar-refractivity contribution in [2.45, 2.75) is 89.9 Å². The van der Waals surface area contributed by atoms with Crippen LogP contribution >= 0.6 is 11.3 Å². The fraction of sp³-hybridized carbons (Fsp3) is 0.548. The number of rotatable bonds is 12. The lowest BCUT2D eigenvalue weighted by Gasteiger charge is -2.29. The molecule has 2 aliphatic rings. The van der Waals surface area contributed by atoms with Gasteiger partial charge in [-0.2, -0.15) is 0 Å². The number of ketones is 1. The van der Waals surface area contributed by atoms with Gasteiger partial charge < -0.3 is 14.2 Å². The lowest BCUT2D eigenvalue weighted by molar-refractivity contribution is -0.195. The zero-order valence-electron chi connectivity index (χ0n) is 22.4. The van der Waals surface area contributed by atoms with Crippen molar-refractivity contribution in [1.29, 1.82) is 0 Å². The molecule has 206 valence electrons. The third-order valence-corrected chi connectivity index (χ3v) is 8.27. The van der Waals surface area contributed by atoms with Gasteiger partial charge in [0.25, 0.3) is 0 Å². The van der Waals surface area contributed by atoms with E-state index in [2.05, 4.69) is 6.08 Å². The molecule has 1 aliphatic heterocycles. The van der Waals surface area contributed by atoms with Crippen molar-refractivity contribution in [3.8, 4) is 0 Å². The minimum atomic E-state index is -1.08. The Labute approximate surface area is 229 Å². The lowest BCUT2D eigenvalue weighted by atomic mass is 9.90. The number of benzene rings is 1. The molecule has 1 saturated heterocycles. The molecule has 0 bridgehead atoms. The minimum Gasteiger partial charge on any atom is -0.463 e. The highest BCUT2D eigenvalue weighted by molar-refractivity contribution is 7.21. The van der Waals surface area contributed by atoms with Gasteiger partial charge in [0.1, 0.15) is 6.17 Å². The maximum absolute atomic E-state index is 15.3. The van der Waals surface area contributed by atoms with Gasteiger partial charge in [-0.05, 0) is 81.9 Å². The Morgan fingerprint density at radius 3 is 2.82 bits per heavy atom. The zero-order valence-corrected chi connectivity index (χ0v) is 23.2. The summed E-state index contributed by atoms with van der Waals surface area (Å²) in [5, 5.41) is 1.04. The van der Waals surface area contributed by atoms with E-state index in [-0.39, 0.29) is 36.2 Å². The smallest absolute Gasteiger partial charge is 0.306 e. The van der Waals surface area contributed by atoms with E-state index in [9.17, 15) is 9.59 Å². The summed E-state index contributed by atoms with van der Waals surface area (Å²) in [6, 6.07) is 9.81. The molecule has 0 spiro atoms. The van der Waals surface area contributed by atoms with Crippen molar-refractivity contribution in [2.75, 3.05) is 6.61 Å². The second kappa shape index (κ2) is 14.2.